The molecule has 0 aromatic heterocycles. The Morgan fingerprint density at radius 2 is 1.76 bits per heavy atom. The SMILES string of the molecule is [CH2]C(Cl)C(CCCl)Oc1c(Br)cc(Br)cc1Br. The summed E-state index contributed by atoms with van der Waals surface area (Å²) in [5, 5.41) is -0.351. The molecule has 1 aromatic rings. The van der Waals surface area contributed by atoms with Crippen LogP contribution in [0.5, 0.6) is 5.75 Å². The van der Waals surface area contributed by atoms with Gasteiger partial charge in [0.05, 0.1) is 14.3 Å². The Labute approximate surface area is 137 Å². The Morgan fingerprint density at radius 1 is 1.24 bits per heavy atom. The highest BCUT2D eigenvalue weighted by molar-refractivity contribution is 9.11. The van der Waals surface area contributed by atoms with E-state index in [9.17, 15) is 0 Å². The van der Waals surface area contributed by atoms with Crippen molar-refractivity contribution < 1.29 is 4.74 Å². The maximum atomic E-state index is 5.97. The largest absolute Gasteiger partial charge is 0.486 e. The lowest BCUT2D eigenvalue weighted by atomic mass is 10.2. The summed E-state index contributed by atoms with van der Waals surface area (Å²) >= 11 is 22.0. The monoisotopic (exact) mass is 465 g/mol. The summed E-state index contributed by atoms with van der Waals surface area (Å²) < 4.78 is 8.48. The number of halogens is 5. The van der Waals surface area contributed by atoms with Crippen LogP contribution >= 0.6 is 71.0 Å². The van der Waals surface area contributed by atoms with E-state index in [1.807, 2.05) is 12.1 Å². The van der Waals surface area contributed by atoms with Crippen LogP contribution in [-0.2, 0) is 0 Å². The van der Waals surface area contributed by atoms with Crippen LogP contribution in [0.4, 0.5) is 0 Å². The minimum atomic E-state index is -0.351. The molecular formula is C11H10Br3Cl2O. The van der Waals surface area contributed by atoms with E-state index in [1.54, 1.807) is 0 Å². The standard InChI is InChI=1S/C11H10Br3Cl2O/c1-6(16)10(2-3-15)17-11-8(13)4-7(12)5-9(11)14/h4-6,10H,1-3H2. The Bertz CT molecular complexity index is 362. The maximum Gasteiger partial charge on any atom is 0.148 e. The number of alkyl halides is 2. The van der Waals surface area contributed by atoms with Gasteiger partial charge in [0.25, 0.3) is 0 Å². The number of hydrogen-bond acceptors (Lipinski definition) is 1. The molecule has 95 valence electrons. The van der Waals surface area contributed by atoms with Crippen LogP contribution in [0.3, 0.4) is 0 Å². The van der Waals surface area contributed by atoms with E-state index in [4.69, 9.17) is 27.9 Å². The fraction of sp³-hybridized carbons (Fsp3) is 0.364. The molecular weight excluding hydrogens is 459 g/mol. The average Bonchev–Trinajstić information content (AvgIpc) is 2.21. The summed E-state index contributed by atoms with van der Waals surface area (Å²) in [5.74, 6) is 1.19. The topological polar surface area (TPSA) is 9.23 Å². The molecule has 1 nitrogen and oxygen atoms in total. The first-order valence-corrected chi connectivity index (χ1v) is 8.15. The zero-order chi connectivity index (χ0) is 13.0. The fourth-order valence-corrected chi connectivity index (χ4v) is 4.05. The third kappa shape index (κ3) is 4.90. The first-order valence-electron chi connectivity index (χ1n) is 4.80. The van der Waals surface area contributed by atoms with E-state index < -0.39 is 0 Å². The van der Waals surface area contributed by atoms with Gasteiger partial charge in [0.15, 0.2) is 0 Å². The minimum Gasteiger partial charge on any atom is -0.486 e. The second-order valence-electron chi connectivity index (χ2n) is 3.35. The quantitative estimate of drug-likeness (QED) is 0.497. The molecule has 0 fully saturated rings. The summed E-state index contributed by atoms with van der Waals surface area (Å²) in [6, 6.07) is 3.81. The summed E-state index contributed by atoms with van der Waals surface area (Å²) in [6.45, 7) is 3.77. The second kappa shape index (κ2) is 7.59. The van der Waals surface area contributed by atoms with Gasteiger partial charge in [-0.05, 0) is 57.3 Å². The van der Waals surface area contributed by atoms with E-state index in [0.29, 0.717) is 18.1 Å². The van der Waals surface area contributed by atoms with Crippen LogP contribution in [0, 0.1) is 6.92 Å². The van der Waals surface area contributed by atoms with Crippen LogP contribution in [0.15, 0.2) is 25.6 Å². The summed E-state index contributed by atoms with van der Waals surface area (Å²) in [7, 11) is 0. The number of benzene rings is 1. The lowest BCUT2D eigenvalue weighted by Crippen LogP contribution is -2.26. The molecule has 0 bridgehead atoms. The van der Waals surface area contributed by atoms with Crippen LogP contribution < -0.4 is 4.74 Å². The van der Waals surface area contributed by atoms with Crippen LogP contribution in [-0.4, -0.2) is 17.4 Å². The molecule has 0 amide bonds. The first-order chi connectivity index (χ1) is 7.95. The third-order valence-electron chi connectivity index (χ3n) is 2.03. The first kappa shape index (κ1) is 16.1. The molecule has 0 saturated heterocycles. The fourth-order valence-electron chi connectivity index (χ4n) is 1.21. The van der Waals surface area contributed by atoms with Gasteiger partial charge in [-0.3, -0.25) is 0 Å². The van der Waals surface area contributed by atoms with Gasteiger partial charge in [-0.25, -0.2) is 0 Å². The molecule has 17 heavy (non-hydrogen) atoms. The van der Waals surface area contributed by atoms with E-state index in [-0.39, 0.29) is 11.5 Å². The Balaban J connectivity index is 2.93. The van der Waals surface area contributed by atoms with Crippen molar-refractivity contribution in [3.63, 3.8) is 0 Å². The van der Waals surface area contributed by atoms with Crippen molar-refractivity contribution in [2.24, 2.45) is 0 Å². The van der Waals surface area contributed by atoms with Crippen molar-refractivity contribution >= 4 is 71.0 Å². The van der Waals surface area contributed by atoms with Crippen molar-refractivity contribution in [3.05, 3.63) is 32.5 Å². The molecule has 0 aliphatic heterocycles. The zero-order valence-electron chi connectivity index (χ0n) is 8.73. The lowest BCUT2D eigenvalue weighted by Gasteiger charge is -2.22. The van der Waals surface area contributed by atoms with Gasteiger partial charge in [-0.1, -0.05) is 15.9 Å². The van der Waals surface area contributed by atoms with E-state index in [0.717, 1.165) is 13.4 Å². The highest BCUT2D eigenvalue weighted by Gasteiger charge is 2.19. The molecule has 2 atom stereocenters. The maximum absolute atomic E-state index is 5.97. The molecule has 1 radical (unpaired) electrons. The van der Waals surface area contributed by atoms with Crippen molar-refractivity contribution in [1.29, 1.82) is 0 Å². The van der Waals surface area contributed by atoms with E-state index in [2.05, 4.69) is 54.7 Å². The van der Waals surface area contributed by atoms with Crippen LogP contribution in [0.25, 0.3) is 0 Å². The second-order valence-corrected chi connectivity index (χ2v) is 6.91. The molecule has 0 N–H and O–H groups in total. The number of rotatable bonds is 5. The highest BCUT2D eigenvalue weighted by atomic mass is 79.9. The van der Waals surface area contributed by atoms with Crippen molar-refractivity contribution in [2.45, 2.75) is 17.9 Å². The van der Waals surface area contributed by atoms with E-state index >= 15 is 0 Å². The molecule has 0 spiro atoms. The minimum absolute atomic E-state index is 0.219. The number of hydrogen-bond donors (Lipinski definition) is 0. The zero-order valence-corrected chi connectivity index (χ0v) is 15.0. The molecule has 1 aromatic carbocycles. The Morgan fingerprint density at radius 3 is 2.18 bits per heavy atom. The van der Waals surface area contributed by atoms with Gasteiger partial charge < -0.3 is 4.74 Å². The highest BCUT2D eigenvalue weighted by Crippen LogP contribution is 2.37. The van der Waals surface area contributed by atoms with Gasteiger partial charge in [0, 0.05) is 10.4 Å². The van der Waals surface area contributed by atoms with Gasteiger partial charge in [0.1, 0.15) is 11.9 Å². The molecule has 6 heteroatoms. The summed E-state index contributed by atoms with van der Waals surface area (Å²) in [5.41, 5.74) is 0. The van der Waals surface area contributed by atoms with Gasteiger partial charge in [0.2, 0.25) is 0 Å². The smallest absolute Gasteiger partial charge is 0.148 e. The molecule has 0 aliphatic rings. The predicted molar refractivity (Wildman–Crippen MR) is 84.3 cm³/mol. The van der Waals surface area contributed by atoms with Crippen molar-refractivity contribution in [3.8, 4) is 5.75 Å². The molecule has 0 heterocycles. The Kier molecular flexibility index (Phi) is 7.18. The molecule has 0 aliphatic carbocycles. The molecule has 2 unspecified atom stereocenters. The van der Waals surface area contributed by atoms with Crippen LogP contribution in [0.2, 0.25) is 0 Å². The third-order valence-corrected chi connectivity index (χ3v) is 4.16. The van der Waals surface area contributed by atoms with Gasteiger partial charge in [-0.15, -0.1) is 23.2 Å². The Hall–Kier alpha value is 1.04. The normalized spacial score (nSPS) is 14.5. The van der Waals surface area contributed by atoms with E-state index in [1.165, 1.54) is 0 Å². The van der Waals surface area contributed by atoms with Crippen molar-refractivity contribution in [2.75, 3.05) is 5.88 Å². The average molecular weight is 469 g/mol. The lowest BCUT2D eigenvalue weighted by molar-refractivity contribution is 0.201. The number of ether oxygens (including phenoxy) is 1. The van der Waals surface area contributed by atoms with Gasteiger partial charge >= 0.3 is 0 Å². The predicted octanol–water partition coefficient (Wildman–Crippen LogP) is 5.79. The molecule has 0 saturated carbocycles. The summed E-state index contributed by atoms with van der Waals surface area (Å²) in [6.07, 6.45) is 0.427. The van der Waals surface area contributed by atoms with Crippen LogP contribution in [0.1, 0.15) is 6.42 Å². The summed E-state index contributed by atoms with van der Waals surface area (Å²) in [4.78, 5) is 0. The van der Waals surface area contributed by atoms with Crippen molar-refractivity contribution in [1.82, 2.24) is 0 Å². The molecule has 1 rings (SSSR count). The van der Waals surface area contributed by atoms with Gasteiger partial charge in [-0.2, -0.15) is 0 Å².